The van der Waals surface area contributed by atoms with Gasteiger partial charge in [-0.1, -0.05) is 22.0 Å². The number of nitrogens with zero attached hydrogens (tertiary/aromatic N) is 1. The monoisotopic (exact) mass is 474 g/mol. The van der Waals surface area contributed by atoms with Gasteiger partial charge in [-0.25, -0.2) is 0 Å². The van der Waals surface area contributed by atoms with Gasteiger partial charge in [-0.3, -0.25) is 4.90 Å². The molecule has 0 aliphatic carbocycles. The molecule has 1 aromatic rings. The smallest absolute Gasteiger partial charge is 0.134 e. The number of phenolic OH excluding ortho intramolecular Hbond substituents is 1. The van der Waals surface area contributed by atoms with Crippen molar-refractivity contribution in [1.82, 2.24) is 10.2 Å². The Morgan fingerprint density at radius 3 is 2.50 bits per heavy atom. The number of halogens is 4. The molecule has 0 bridgehead atoms. The molecule has 1 saturated heterocycles. The molecule has 1 aliphatic heterocycles. The summed E-state index contributed by atoms with van der Waals surface area (Å²) in [5, 5.41) is 13.8. The molecule has 22 heavy (non-hydrogen) atoms. The number of aromatic hydroxyl groups is 1. The van der Waals surface area contributed by atoms with E-state index in [2.05, 4.69) is 48.7 Å². The van der Waals surface area contributed by atoms with Crippen LogP contribution in [-0.4, -0.2) is 36.2 Å². The van der Waals surface area contributed by atoms with E-state index in [1.165, 1.54) is 0 Å². The minimum Gasteiger partial charge on any atom is -0.506 e. The first-order valence-corrected chi connectivity index (χ1v) is 8.45. The second-order valence-electron chi connectivity index (χ2n) is 4.99. The average Bonchev–Trinajstić information content (AvgIpc) is 2.45. The molecule has 0 unspecified atom stereocenters. The van der Waals surface area contributed by atoms with Gasteiger partial charge in [-0.15, -0.1) is 31.4 Å². The third-order valence-corrected chi connectivity index (χ3v) is 4.72. The first-order valence-electron chi connectivity index (χ1n) is 6.87. The van der Waals surface area contributed by atoms with Gasteiger partial charge in [0.15, 0.2) is 0 Å². The highest BCUT2D eigenvalue weighted by atomic mass is 79.9. The summed E-state index contributed by atoms with van der Waals surface area (Å²) >= 11 is 6.94. The molecule has 0 amide bonds. The Bertz CT molecular complexity index is 483. The van der Waals surface area contributed by atoms with Gasteiger partial charge in [0.2, 0.25) is 0 Å². The largest absolute Gasteiger partial charge is 0.506 e. The molecule has 1 atom stereocenters. The number of benzene rings is 1. The van der Waals surface area contributed by atoms with E-state index in [1.807, 2.05) is 18.2 Å². The first-order chi connectivity index (χ1) is 9.63. The normalized spacial score (nSPS) is 16.3. The molecule has 1 aliphatic rings. The quantitative estimate of drug-likeness (QED) is 0.606. The van der Waals surface area contributed by atoms with Crippen LogP contribution >= 0.6 is 56.7 Å². The predicted octanol–water partition coefficient (Wildman–Crippen LogP) is 4.67. The molecular weight excluding hydrogens is 455 g/mol. The maximum atomic E-state index is 10.4. The van der Waals surface area contributed by atoms with E-state index in [4.69, 9.17) is 0 Å². The standard InChI is InChI=1S/C15H20Br2N2O.2ClH/c1-2-3-4-14(19-7-5-18-6-8-19)12-9-11(16)10-13(17)15(12)20;;/h2,9-10,14,18,20H,1,3-8H2;2*1H/t14-;;/m1../s1. The van der Waals surface area contributed by atoms with Crippen molar-refractivity contribution in [3.05, 3.63) is 39.3 Å². The van der Waals surface area contributed by atoms with Crippen molar-refractivity contribution in [2.75, 3.05) is 26.2 Å². The summed E-state index contributed by atoms with van der Waals surface area (Å²) < 4.78 is 1.72. The molecule has 0 radical (unpaired) electrons. The van der Waals surface area contributed by atoms with Crippen LogP contribution in [-0.2, 0) is 0 Å². The predicted molar refractivity (Wildman–Crippen MR) is 105 cm³/mol. The number of nitrogens with one attached hydrogen (secondary N) is 1. The highest BCUT2D eigenvalue weighted by Crippen LogP contribution is 2.39. The maximum absolute atomic E-state index is 10.4. The fraction of sp³-hybridized carbons (Fsp3) is 0.467. The van der Waals surface area contributed by atoms with Crippen LogP contribution in [0.25, 0.3) is 0 Å². The molecule has 2 N–H and O–H groups in total. The number of hydrogen-bond acceptors (Lipinski definition) is 3. The molecule has 2 rings (SSSR count). The maximum Gasteiger partial charge on any atom is 0.134 e. The topological polar surface area (TPSA) is 35.5 Å². The lowest BCUT2D eigenvalue weighted by Crippen LogP contribution is -2.45. The molecule has 126 valence electrons. The zero-order chi connectivity index (χ0) is 14.5. The third-order valence-electron chi connectivity index (χ3n) is 3.65. The van der Waals surface area contributed by atoms with Crippen molar-refractivity contribution in [2.24, 2.45) is 0 Å². The van der Waals surface area contributed by atoms with Crippen LogP contribution in [0.4, 0.5) is 0 Å². The Labute approximate surface area is 161 Å². The minimum atomic E-state index is 0. The minimum absolute atomic E-state index is 0. The molecule has 0 spiro atoms. The number of phenols is 1. The molecule has 0 aromatic heterocycles. The van der Waals surface area contributed by atoms with E-state index in [-0.39, 0.29) is 30.9 Å². The lowest BCUT2D eigenvalue weighted by Gasteiger charge is -2.35. The Hall–Kier alpha value is 0.220. The second kappa shape index (κ2) is 10.9. The summed E-state index contributed by atoms with van der Waals surface area (Å²) in [6.07, 6.45) is 3.86. The molecule has 3 nitrogen and oxygen atoms in total. The highest BCUT2D eigenvalue weighted by Gasteiger charge is 2.25. The molecule has 1 fully saturated rings. The van der Waals surface area contributed by atoms with Gasteiger partial charge in [-0.05, 0) is 40.9 Å². The molecule has 1 heterocycles. The van der Waals surface area contributed by atoms with Crippen LogP contribution in [0, 0.1) is 0 Å². The van der Waals surface area contributed by atoms with Crippen molar-refractivity contribution in [2.45, 2.75) is 18.9 Å². The van der Waals surface area contributed by atoms with Crippen LogP contribution in [0.15, 0.2) is 33.7 Å². The number of rotatable bonds is 5. The number of hydrogen-bond donors (Lipinski definition) is 2. The third kappa shape index (κ3) is 5.69. The second-order valence-corrected chi connectivity index (χ2v) is 6.76. The van der Waals surface area contributed by atoms with Crippen LogP contribution in [0.5, 0.6) is 5.75 Å². The SMILES string of the molecule is C=CCC[C@H](c1cc(Br)cc(Br)c1O)N1CCNCC1.Cl.Cl. The van der Waals surface area contributed by atoms with E-state index in [1.54, 1.807) is 0 Å². The van der Waals surface area contributed by atoms with E-state index >= 15 is 0 Å². The Kier molecular flexibility index (Phi) is 11.0. The van der Waals surface area contributed by atoms with Gasteiger partial charge in [0.1, 0.15) is 5.75 Å². The van der Waals surface area contributed by atoms with Gasteiger partial charge < -0.3 is 10.4 Å². The Morgan fingerprint density at radius 2 is 1.91 bits per heavy atom. The van der Waals surface area contributed by atoms with Crippen molar-refractivity contribution < 1.29 is 5.11 Å². The van der Waals surface area contributed by atoms with Gasteiger partial charge in [0, 0.05) is 42.3 Å². The lowest BCUT2D eigenvalue weighted by atomic mass is 9.98. The van der Waals surface area contributed by atoms with Crippen molar-refractivity contribution >= 4 is 56.7 Å². The summed E-state index contributed by atoms with van der Waals surface area (Å²) in [5.41, 5.74) is 0.981. The van der Waals surface area contributed by atoms with Crippen molar-refractivity contribution in [1.29, 1.82) is 0 Å². The summed E-state index contributed by atoms with van der Waals surface area (Å²) in [7, 11) is 0. The first kappa shape index (κ1) is 22.2. The van der Waals surface area contributed by atoms with E-state index in [0.29, 0.717) is 5.75 Å². The van der Waals surface area contributed by atoms with Gasteiger partial charge in [-0.2, -0.15) is 0 Å². The summed E-state index contributed by atoms with van der Waals surface area (Å²) in [6.45, 7) is 7.83. The van der Waals surface area contributed by atoms with Crippen LogP contribution in [0.1, 0.15) is 24.4 Å². The molecular formula is C15H22Br2Cl2N2O. The summed E-state index contributed by atoms with van der Waals surface area (Å²) in [6, 6.07) is 4.13. The van der Waals surface area contributed by atoms with Crippen LogP contribution in [0.3, 0.4) is 0 Å². The summed E-state index contributed by atoms with van der Waals surface area (Å²) in [4.78, 5) is 2.44. The van der Waals surface area contributed by atoms with Gasteiger partial charge >= 0.3 is 0 Å². The van der Waals surface area contributed by atoms with Crippen molar-refractivity contribution in [3.8, 4) is 5.75 Å². The zero-order valence-corrected chi connectivity index (χ0v) is 17.0. The van der Waals surface area contributed by atoms with E-state index < -0.39 is 0 Å². The van der Waals surface area contributed by atoms with Gasteiger partial charge in [0.05, 0.1) is 4.47 Å². The summed E-state index contributed by atoms with van der Waals surface area (Å²) in [5.74, 6) is 0.348. The van der Waals surface area contributed by atoms with Crippen LogP contribution in [0.2, 0.25) is 0 Å². The Balaban J connectivity index is 0.00000220. The Morgan fingerprint density at radius 1 is 1.27 bits per heavy atom. The van der Waals surface area contributed by atoms with Crippen molar-refractivity contribution in [3.63, 3.8) is 0 Å². The fourth-order valence-electron chi connectivity index (χ4n) is 2.64. The molecule has 0 saturated carbocycles. The zero-order valence-electron chi connectivity index (χ0n) is 12.2. The van der Waals surface area contributed by atoms with Gasteiger partial charge in [0.25, 0.3) is 0 Å². The molecule has 7 heteroatoms. The molecule has 1 aromatic carbocycles. The van der Waals surface area contributed by atoms with E-state index in [9.17, 15) is 5.11 Å². The fourth-order valence-corrected chi connectivity index (χ4v) is 3.90. The number of piperazine rings is 1. The highest BCUT2D eigenvalue weighted by molar-refractivity contribution is 9.11. The van der Waals surface area contributed by atoms with Crippen LogP contribution < -0.4 is 5.32 Å². The number of allylic oxidation sites excluding steroid dienone is 1. The lowest BCUT2D eigenvalue weighted by molar-refractivity contribution is 0.163. The average molecular weight is 477 g/mol. The van der Waals surface area contributed by atoms with E-state index in [0.717, 1.165) is 53.5 Å².